The van der Waals surface area contributed by atoms with Gasteiger partial charge in [-0.2, -0.15) is 0 Å². The molecule has 5 heteroatoms. The van der Waals surface area contributed by atoms with Gasteiger partial charge in [-0.25, -0.2) is 0 Å². The molecule has 1 aromatic rings. The van der Waals surface area contributed by atoms with E-state index in [0.29, 0.717) is 13.1 Å². The Hall–Kier alpha value is -1.88. The van der Waals surface area contributed by atoms with Gasteiger partial charge in [-0.1, -0.05) is 12.1 Å². The number of carbonyl (C=O) groups excluding carboxylic acids is 2. The summed E-state index contributed by atoms with van der Waals surface area (Å²) >= 11 is 0. The summed E-state index contributed by atoms with van der Waals surface area (Å²) in [5.41, 5.74) is 1.98. The van der Waals surface area contributed by atoms with Crippen LogP contribution in [0.15, 0.2) is 24.3 Å². The van der Waals surface area contributed by atoms with Crippen molar-refractivity contribution in [3.8, 4) is 0 Å². The maximum Gasteiger partial charge on any atom is 0.246 e. The molecule has 1 aliphatic rings. The zero-order chi connectivity index (χ0) is 16.8. The average Bonchev–Trinajstić information content (AvgIpc) is 3.00. The number of rotatable bonds is 6. The molecule has 0 bridgehead atoms. The Labute approximate surface area is 138 Å². The number of nitrogens with zero attached hydrogens (tertiary/aromatic N) is 2. The normalized spacial score (nSPS) is 17.1. The molecule has 126 valence electrons. The smallest absolute Gasteiger partial charge is 0.246 e. The molecule has 5 nitrogen and oxygen atoms in total. The largest absolute Gasteiger partial charge is 0.376 e. The number of carbonyl (C=O) groups is 2. The van der Waals surface area contributed by atoms with Crippen LogP contribution in [0.3, 0.4) is 0 Å². The van der Waals surface area contributed by atoms with Crippen LogP contribution in [0.4, 0.5) is 5.69 Å². The van der Waals surface area contributed by atoms with E-state index < -0.39 is 0 Å². The number of amides is 2. The Morgan fingerprint density at radius 3 is 2.70 bits per heavy atom. The molecule has 1 atom stereocenters. The first-order valence-electron chi connectivity index (χ1n) is 8.25. The highest BCUT2D eigenvalue weighted by Gasteiger charge is 2.24. The van der Waals surface area contributed by atoms with E-state index in [1.165, 1.54) is 6.92 Å². The molecule has 1 saturated heterocycles. The van der Waals surface area contributed by atoms with Crippen molar-refractivity contribution in [2.75, 3.05) is 31.1 Å². The molecule has 1 aliphatic heterocycles. The van der Waals surface area contributed by atoms with Gasteiger partial charge in [0, 0.05) is 32.3 Å². The summed E-state index contributed by atoms with van der Waals surface area (Å²) in [6.45, 7) is 7.36. The summed E-state index contributed by atoms with van der Waals surface area (Å²) in [4.78, 5) is 27.8. The monoisotopic (exact) mass is 318 g/mol. The van der Waals surface area contributed by atoms with Crippen molar-refractivity contribution in [3.05, 3.63) is 29.8 Å². The van der Waals surface area contributed by atoms with Crippen molar-refractivity contribution in [1.29, 1.82) is 0 Å². The van der Waals surface area contributed by atoms with Crippen LogP contribution in [-0.4, -0.2) is 49.1 Å². The van der Waals surface area contributed by atoms with Crippen LogP contribution in [-0.2, 0) is 14.3 Å². The minimum atomic E-state index is -0.0888. The van der Waals surface area contributed by atoms with E-state index in [-0.39, 0.29) is 24.5 Å². The minimum absolute atomic E-state index is 0.0562. The molecular formula is C18H26N2O3. The number of benzene rings is 1. The van der Waals surface area contributed by atoms with Gasteiger partial charge in [0.05, 0.1) is 6.10 Å². The number of anilines is 1. The number of hydrogen-bond acceptors (Lipinski definition) is 3. The summed E-state index contributed by atoms with van der Waals surface area (Å²) in [6.07, 6.45) is 2.03. The van der Waals surface area contributed by atoms with E-state index >= 15 is 0 Å². The van der Waals surface area contributed by atoms with Crippen LogP contribution in [0.25, 0.3) is 0 Å². The second-order valence-corrected chi connectivity index (χ2v) is 6.01. The Bertz CT molecular complexity index is 553. The Kier molecular flexibility index (Phi) is 6.16. The van der Waals surface area contributed by atoms with E-state index in [9.17, 15) is 9.59 Å². The minimum Gasteiger partial charge on any atom is -0.376 e. The summed E-state index contributed by atoms with van der Waals surface area (Å²) in [7, 11) is 0. The second-order valence-electron chi connectivity index (χ2n) is 6.01. The number of likely N-dealkylation sites (N-methyl/N-ethyl adjacent to an activating group) is 1. The fourth-order valence-corrected chi connectivity index (χ4v) is 2.89. The van der Waals surface area contributed by atoms with Gasteiger partial charge in [-0.05, 0) is 44.4 Å². The topological polar surface area (TPSA) is 49.9 Å². The number of ether oxygens (including phenoxy) is 1. The molecule has 0 saturated carbocycles. The van der Waals surface area contributed by atoms with Crippen LogP contribution >= 0.6 is 0 Å². The van der Waals surface area contributed by atoms with Crippen LogP contribution in [0, 0.1) is 6.92 Å². The van der Waals surface area contributed by atoms with Gasteiger partial charge >= 0.3 is 0 Å². The van der Waals surface area contributed by atoms with Crippen molar-refractivity contribution >= 4 is 17.5 Å². The molecule has 1 unspecified atom stereocenters. The molecule has 0 aromatic heterocycles. The summed E-state index contributed by atoms with van der Waals surface area (Å²) < 4.78 is 5.58. The highest BCUT2D eigenvalue weighted by atomic mass is 16.5. The molecule has 1 aromatic carbocycles. The summed E-state index contributed by atoms with van der Waals surface area (Å²) in [5.74, 6) is -0.152. The SMILES string of the molecule is CCN(C(=O)CN(CC1CCCO1)C(C)=O)c1cccc(C)c1. The molecule has 23 heavy (non-hydrogen) atoms. The summed E-state index contributed by atoms with van der Waals surface area (Å²) in [5, 5.41) is 0. The third kappa shape index (κ3) is 4.79. The van der Waals surface area contributed by atoms with Gasteiger partial charge in [0.2, 0.25) is 11.8 Å². The second kappa shape index (κ2) is 8.11. The van der Waals surface area contributed by atoms with E-state index in [1.807, 2.05) is 38.1 Å². The maximum absolute atomic E-state index is 12.7. The lowest BCUT2D eigenvalue weighted by Gasteiger charge is -2.28. The van der Waals surface area contributed by atoms with Gasteiger partial charge in [0.25, 0.3) is 0 Å². The average molecular weight is 318 g/mol. The molecule has 0 radical (unpaired) electrons. The lowest BCUT2D eigenvalue weighted by Crippen LogP contribution is -2.45. The van der Waals surface area contributed by atoms with Crippen molar-refractivity contribution in [1.82, 2.24) is 4.90 Å². The molecule has 0 N–H and O–H groups in total. The number of hydrogen-bond donors (Lipinski definition) is 0. The molecule has 2 rings (SSSR count). The fourth-order valence-electron chi connectivity index (χ4n) is 2.89. The van der Waals surface area contributed by atoms with Crippen molar-refractivity contribution in [3.63, 3.8) is 0 Å². The zero-order valence-electron chi connectivity index (χ0n) is 14.2. The standard InChI is InChI=1S/C18H26N2O3/c1-4-20(16-8-5-7-14(2)11-16)18(22)13-19(15(3)21)12-17-9-6-10-23-17/h5,7-8,11,17H,4,6,9-10,12-13H2,1-3H3. The van der Waals surface area contributed by atoms with Crippen LogP contribution in [0.1, 0.15) is 32.3 Å². The van der Waals surface area contributed by atoms with E-state index in [2.05, 4.69) is 0 Å². The lowest BCUT2D eigenvalue weighted by atomic mass is 10.2. The quantitative estimate of drug-likeness (QED) is 0.809. The number of aryl methyl sites for hydroxylation is 1. The first kappa shape index (κ1) is 17.5. The molecule has 0 spiro atoms. The summed E-state index contributed by atoms with van der Waals surface area (Å²) in [6, 6.07) is 7.85. The molecule has 1 fully saturated rings. The molecule has 2 amide bonds. The third-order valence-electron chi connectivity index (χ3n) is 4.15. The van der Waals surface area contributed by atoms with E-state index in [1.54, 1.807) is 9.80 Å². The first-order valence-corrected chi connectivity index (χ1v) is 8.25. The molecule has 1 heterocycles. The predicted molar refractivity (Wildman–Crippen MR) is 90.4 cm³/mol. The maximum atomic E-state index is 12.7. The Balaban J connectivity index is 2.05. The fraction of sp³-hybridized carbons (Fsp3) is 0.556. The van der Waals surface area contributed by atoms with Gasteiger partial charge in [0.15, 0.2) is 0 Å². The van der Waals surface area contributed by atoms with Gasteiger partial charge < -0.3 is 14.5 Å². The lowest BCUT2D eigenvalue weighted by molar-refractivity contribution is -0.134. The van der Waals surface area contributed by atoms with Crippen LogP contribution < -0.4 is 4.90 Å². The van der Waals surface area contributed by atoms with Crippen molar-refractivity contribution in [2.24, 2.45) is 0 Å². The van der Waals surface area contributed by atoms with Gasteiger partial charge in [0.1, 0.15) is 6.54 Å². The molecule has 0 aliphatic carbocycles. The highest BCUT2D eigenvalue weighted by Crippen LogP contribution is 2.17. The highest BCUT2D eigenvalue weighted by molar-refractivity contribution is 5.96. The zero-order valence-corrected chi connectivity index (χ0v) is 14.2. The van der Waals surface area contributed by atoms with Crippen molar-refractivity contribution in [2.45, 2.75) is 39.7 Å². The third-order valence-corrected chi connectivity index (χ3v) is 4.15. The van der Waals surface area contributed by atoms with Crippen molar-refractivity contribution < 1.29 is 14.3 Å². The first-order chi connectivity index (χ1) is 11.0. The van der Waals surface area contributed by atoms with Gasteiger partial charge in [-0.3, -0.25) is 9.59 Å². The Morgan fingerprint density at radius 2 is 2.13 bits per heavy atom. The van der Waals surface area contributed by atoms with Crippen LogP contribution in [0.2, 0.25) is 0 Å². The van der Waals surface area contributed by atoms with E-state index in [4.69, 9.17) is 4.74 Å². The molecular weight excluding hydrogens is 292 g/mol. The predicted octanol–water partition coefficient (Wildman–Crippen LogP) is 2.38. The Morgan fingerprint density at radius 1 is 1.35 bits per heavy atom. The van der Waals surface area contributed by atoms with Crippen LogP contribution in [0.5, 0.6) is 0 Å². The van der Waals surface area contributed by atoms with Gasteiger partial charge in [-0.15, -0.1) is 0 Å². The van der Waals surface area contributed by atoms with E-state index in [0.717, 1.165) is 30.7 Å².